The summed E-state index contributed by atoms with van der Waals surface area (Å²) in [7, 11) is 1.48. The zero-order valence-corrected chi connectivity index (χ0v) is 9.45. The number of nitrogens with one attached hydrogen (secondary N) is 3. The van der Waals surface area contributed by atoms with Crippen molar-refractivity contribution in [3.8, 4) is 12.3 Å². The fraction of sp³-hybridized carbons (Fsp3) is 0.500. The molecule has 0 fully saturated rings. The molecule has 0 aromatic rings. The van der Waals surface area contributed by atoms with Gasteiger partial charge in [0.2, 0.25) is 5.91 Å². The summed E-state index contributed by atoms with van der Waals surface area (Å²) < 4.78 is 0. The monoisotopic (exact) mass is 241 g/mol. The van der Waals surface area contributed by atoms with Gasteiger partial charge < -0.3 is 21.1 Å². The van der Waals surface area contributed by atoms with E-state index in [0.717, 1.165) is 0 Å². The molecule has 17 heavy (non-hydrogen) atoms. The first kappa shape index (κ1) is 14.8. The molecule has 0 aliphatic rings. The molecule has 94 valence electrons. The third kappa shape index (κ3) is 6.78. The minimum atomic E-state index is -1.20. The topological polar surface area (TPSA) is 108 Å². The third-order valence-electron chi connectivity index (χ3n) is 1.84. The third-order valence-corrected chi connectivity index (χ3v) is 1.84. The lowest BCUT2D eigenvalue weighted by Crippen LogP contribution is -2.46. The molecule has 7 nitrogen and oxygen atoms in total. The Kier molecular flexibility index (Phi) is 6.94. The Hall–Kier alpha value is -2.23. The molecule has 0 saturated carbocycles. The smallest absolute Gasteiger partial charge is 0.327 e. The molecule has 7 heteroatoms. The molecule has 1 unspecified atom stereocenters. The average molecular weight is 241 g/mol. The summed E-state index contributed by atoms with van der Waals surface area (Å²) in [5.74, 6) is 0.727. The zero-order chi connectivity index (χ0) is 13.3. The predicted molar refractivity (Wildman–Crippen MR) is 60.1 cm³/mol. The van der Waals surface area contributed by atoms with Crippen LogP contribution in [0.25, 0.3) is 0 Å². The Bertz CT molecular complexity index is 335. The lowest BCUT2D eigenvalue weighted by molar-refractivity contribution is -0.139. The Morgan fingerprint density at radius 1 is 1.41 bits per heavy atom. The highest BCUT2D eigenvalue weighted by atomic mass is 16.4. The number of carboxylic acid groups (broad SMARTS) is 1. The summed E-state index contributed by atoms with van der Waals surface area (Å²) in [5.41, 5.74) is 0. The molecule has 4 N–H and O–H groups in total. The number of carbonyl (C=O) groups excluding carboxylic acids is 2. The SMILES string of the molecule is C#CCC(NC(=O)NCCC(=O)NC)C(=O)O. The van der Waals surface area contributed by atoms with Gasteiger partial charge in [-0.2, -0.15) is 0 Å². The highest BCUT2D eigenvalue weighted by Crippen LogP contribution is 1.90. The van der Waals surface area contributed by atoms with Gasteiger partial charge in [-0.25, -0.2) is 9.59 Å². The number of rotatable bonds is 6. The Morgan fingerprint density at radius 3 is 2.53 bits per heavy atom. The van der Waals surface area contributed by atoms with Gasteiger partial charge in [0, 0.05) is 26.4 Å². The van der Waals surface area contributed by atoms with Crippen molar-refractivity contribution >= 4 is 17.9 Å². The van der Waals surface area contributed by atoms with E-state index in [1.807, 2.05) is 0 Å². The standard InChI is InChI=1S/C10H15N3O4/c1-3-4-7(9(15)16)13-10(17)12-6-5-8(14)11-2/h1,7H,4-6H2,2H3,(H,11,14)(H,15,16)(H2,12,13,17). The summed E-state index contributed by atoms with van der Waals surface area (Å²) >= 11 is 0. The molecule has 3 amide bonds. The molecule has 0 aliphatic carbocycles. The van der Waals surface area contributed by atoms with Crippen LogP contribution in [0, 0.1) is 12.3 Å². The second kappa shape index (κ2) is 7.98. The van der Waals surface area contributed by atoms with Crippen molar-refractivity contribution in [1.29, 1.82) is 0 Å². The maximum atomic E-state index is 11.2. The van der Waals surface area contributed by atoms with Crippen molar-refractivity contribution < 1.29 is 19.5 Å². The molecular weight excluding hydrogens is 226 g/mol. The van der Waals surface area contributed by atoms with Crippen molar-refractivity contribution in [3.05, 3.63) is 0 Å². The molecule has 1 atom stereocenters. The number of carbonyl (C=O) groups is 3. The number of carboxylic acids is 1. The second-order valence-corrected chi connectivity index (χ2v) is 3.12. The molecule has 0 bridgehead atoms. The molecule has 0 rings (SSSR count). The van der Waals surface area contributed by atoms with Crippen molar-refractivity contribution in [2.45, 2.75) is 18.9 Å². The molecule has 0 spiro atoms. The number of terminal acetylenes is 1. The Morgan fingerprint density at radius 2 is 2.06 bits per heavy atom. The van der Waals surface area contributed by atoms with E-state index in [4.69, 9.17) is 11.5 Å². The van der Waals surface area contributed by atoms with E-state index in [0.29, 0.717) is 0 Å². The van der Waals surface area contributed by atoms with Crippen molar-refractivity contribution in [2.75, 3.05) is 13.6 Å². The maximum Gasteiger partial charge on any atom is 0.327 e. The Labute approximate surface area is 99.0 Å². The van der Waals surface area contributed by atoms with Crippen molar-refractivity contribution in [2.24, 2.45) is 0 Å². The fourth-order valence-corrected chi connectivity index (χ4v) is 0.942. The van der Waals surface area contributed by atoms with Crippen LogP contribution in [0.5, 0.6) is 0 Å². The van der Waals surface area contributed by atoms with Crippen molar-refractivity contribution in [1.82, 2.24) is 16.0 Å². The van der Waals surface area contributed by atoms with Crippen LogP contribution in [0.1, 0.15) is 12.8 Å². The van der Waals surface area contributed by atoms with Crippen LogP contribution in [-0.4, -0.2) is 42.6 Å². The maximum absolute atomic E-state index is 11.2. The molecule has 0 aromatic carbocycles. The van der Waals surface area contributed by atoms with Crippen LogP contribution < -0.4 is 16.0 Å². The first-order valence-electron chi connectivity index (χ1n) is 4.92. The summed E-state index contributed by atoms with van der Waals surface area (Å²) in [6.07, 6.45) is 4.99. The van der Waals surface area contributed by atoms with Crippen LogP contribution in [0.3, 0.4) is 0 Å². The van der Waals surface area contributed by atoms with Gasteiger partial charge in [0.25, 0.3) is 0 Å². The van der Waals surface area contributed by atoms with Crippen LogP contribution >= 0.6 is 0 Å². The fourth-order valence-electron chi connectivity index (χ4n) is 0.942. The van der Waals surface area contributed by atoms with Gasteiger partial charge in [-0.05, 0) is 0 Å². The lowest BCUT2D eigenvalue weighted by Gasteiger charge is -2.12. The normalized spacial score (nSPS) is 10.8. The van der Waals surface area contributed by atoms with Gasteiger partial charge in [0.15, 0.2) is 0 Å². The molecule has 0 saturated heterocycles. The van der Waals surface area contributed by atoms with E-state index in [1.54, 1.807) is 0 Å². The van der Waals surface area contributed by atoms with Gasteiger partial charge in [0.05, 0.1) is 0 Å². The summed E-state index contributed by atoms with van der Waals surface area (Å²) in [5, 5.41) is 15.6. The van der Waals surface area contributed by atoms with E-state index < -0.39 is 18.0 Å². The highest BCUT2D eigenvalue weighted by molar-refractivity contribution is 5.83. The van der Waals surface area contributed by atoms with Crippen LogP contribution in [0.2, 0.25) is 0 Å². The number of hydrogen-bond donors (Lipinski definition) is 4. The second-order valence-electron chi connectivity index (χ2n) is 3.12. The first-order valence-corrected chi connectivity index (χ1v) is 4.92. The minimum absolute atomic E-state index is 0.0990. The highest BCUT2D eigenvalue weighted by Gasteiger charge is 2.18. The quantitative estimate of drug-likeness (QED) is 0.443. The van der Waals surface area contributed by atoms with Gasteiger partial charge >= 0.3 is 12.0 Å². The van der Waals surface area contributed by atoms with Gasteiger partial charge in [-0.15, -0.1) is 12.3 Å². The zero-order valence-electron chi connectivity index (χ0n) is 9.45. The summed E-state index contributed by atoms with van der Waals surface area (Å²) in [4.78, 5) is 32.7. The van der Waals surface area contributed by atoms with Crippen LogP contribution in [0.4, 0.5) is 4.79 Å². The first-order chi connectivity index (χ1) is 8.01. The Balaban J connectivity index is 3.95. The molecule has 0 heterocycles. The molecule has 0 aromatic heterocycles. The number of amides is 3. The molecular formula is C10H15N3O4. The largest absolute Gasteiger partial charge is 0.480 e. The van der Waals surface area contributed by atoms with Gasteiger partial charge in [-0.1, -0.05) is 0 Å². The molecule has 0 radical (unpaired) electrons. The van der Waals surface area contributed by atoms with E-state index in [1.165, 1.54) is 7.05 Å². The summed E-state index contributed by atoms with van der Waals surface area (Å²) in [6.45, 7) is 0.119. The van der Waals surface area contributed by atoms with Gasteiger partial charge in [0.1, 0.15) is 6.04 Å². The van der Waals surface area contributed by atoms with E-state index in [9.17, 15) is 14.4 Å². The van der Waals surface area contributed by atoms with Crippen LogP contribution in [0.15, 0.2) is 0 Å². The van der Waals surface area contributed by atoms with Crippen LogP contribution in [-0.2, 0) is 9.59 Å². The lowest BCUT2D eigenvalue weighted by atomic mass is 10.2. The number of hydrogen-bond acceptors (Lipinski definition) is 3. The average Bonchev–Trinajstić information content (AvgIpc) is 2.28. The predicted octanol–water partition coefficient (Wildman–Crippen LogP) is -1.10. The van der Waals surface area contributed by atoms with E-state index >= 15 is 0 Å². The van der Waals surface area contributed by atoms with Crippen molar-refractivity contribution in [3.63, 3.8) is 0 Å². The number of urea groups is 1. The number of aliphatic carboxylic acids is 1. The molecule has 0 aliphatic heterocycles. The van der Waals surface area contributed by atoms with E-state index in [2.05, 4.69) is 21.9 Å². The minimum Gasteiger partial charge on any atom is -0.480 e. The van der Waals surface area contributed by atoms with E-state index in [-0.39, 0.29) is 25.3 Å². The summed E-state index contributed by atoms with van der Waals surface area (Å²) in [6, 6.07) is -1.79. The van der Waals surface area contributed by atoms with Gasteiger partial charge in [-0.3, -0.25) is 4.79 Å².